The highest BCUT2D eigenvalue weighted by molar-refractivity contribution is 7.88. The van der Waals surface area contributed by atoms with Crippen LogP contribution in [0.25, 0.3) is 0 Å². The Hall–Kier alpha value is 0.160. The second-order valence-electron chi connectivity index (χ2n) is 2.23. The molecule has 11 heavy (non-hydrogen) atoms. The van der Waals surface area contributed by atoms with E-state index in [9.17, 15) is 4.21 Å². The van der Waals surface area contributed by atoms with Gasteiger partial charge in [0.2, 0.25) is 0 Å². The molecule has 0 heterocycles. The topological polar surface area (TPSA) is 56.2 Å². The maximum absolute atomic E-state index is 11.1. The third kappa shape index (κ3) is 5.43. The fourth-order valence-corrected chi connectivity index (χ4v) is 1.11. The Bertz CT molecular complexity index is 178. The normalized spacial score (nSPS) is 15.6. The first kappa shape index (κ1) is 13.7. The van der Waals surface area contributed by atoms with Gasteiger partial charge in [-0.2, -0.15) is 0 Å². The van der Waals surface area contributed by atoms with Gasteiger partial charge in [0.1, 0.15) is 0 Å². The van der Waals surface area contributed by atoms with Crippen molar-refractivity contribution in [3.63, 3.8) is 0 Å². The highest BCUT2D eigenvalue weighted by Crippen LogP contribution is 1.88. The van der Waals surface area contributed by atoms with Crippen molar-refractivity contribution in [1.29, 1.82) is 4.78 Å². The minimum absolute atomic E-state index is 0. The van der Waals surface area contributed by atoms with Gasteiger partial charge in [-0.3, -0.25) is 0 Å². The average Bonchev–Trinajstić information content (AvgIpc) is 1.84. The van der Waals surface area contributed by atoms with E-state index in [1.165, 1.54) is 4.31 Å². The quantitative estimate of drug-likeness (QED) is 0.696. The second kappa shape index (κ2) is 5.77. The van der Waals surface area contributed by atoms with Crippen molar-refractivity contribution in [3.05, 3.63) is 0 Å². The van der Waals surface area contributed by atoms with Crippen molar-refractivity contribution in [3.8, 4) is 0 Å². The Balaban J connectivity index is 0. The molecule has 0 saturated heterocycles. The van der Waals surface area contributed by atoms with Crippen molar-refractivity contribution < 1.29 is 4.21 Å². The number of hydrogen-bond acceptors (Lipinski definition) is 2. The molecule has 4 nitrogen and oxygen atoms in total. The number of nitrogens with one attached hydrogen (secondary N) is 2. The van der Waals surface area contributed by atoms with E-state index in [0.29, 0.717) is 6.54 Å². The lowest BCUT2D eigenvalue weighted by Crippen LogP contribution is -2.34. The fraction of sp³-hybridized carbons (Fsp3) is 1.00. The molecule has 0 saturated carbocycles. The predicted octanol–water partition coefficient (Wildman–Crippen LogP) is 0.846. The predicted molar refractivity (Wildman–Crippen MR) is 50.1 cm³/mol. The molecular weight excluding hydrogens is 186 g/mol. The molecule has 2 N–H and O–H groups in total. The van der Waals surface area contributed by atoms with Crippen LogP contribution in [-0.2, 0) is 10.1 Å². The molecule has 1 atom stereocenters. The maximum Gasteiger partial charge on any atom is 0.172 e. The highest BCUT2D eigenvalue weighted by atomic mass is 35.5. The monoisotopic (exact) mass is 201 g/mol. The standard InChI is InChI=1S/C5H15N3OS.ClH/c1-4-5-7-10(6,9)8(2)3;/h4-5H2,1-3H3,(H2,6,7,9);1H. The molecule has 0 bridgehead atoms. The van der Waals surface area contributed by atoms with Crippen LogP contribution in [0.1, 0.15) is 13.3 Å². The summed E-state index contributed by atoms with van der Waals surface area (Å²) in [7, 11) is 0.569. The molecule has 0 aromatic carbocycles. The van der Waals surface area contributed by atoms with E-state index in [-0.39, 0.29) is 12.4 Å². The zero-order chi connectivity index (χ0) is 8.20. The summed E-state index contributed by atoms with van der Waals surface area (Å²) in [5.41, 5.74) is 0. The van der Waals surface area contributed by atoms with Gasteiger partial charge in [-0.25, -0.2) is 18.0 Å². The molecule has 0 radical (unpaired) electrons. The molecule has 0 aromatic heterocycles. The Morgan fingerprint density at radius 3 is 2.27 bits per heavy atom. The number of hydrogen-bond donors (Lipinski definition) is 2. The Labute approximate surface area is 75.0 Å². The van der Waals surface area contributed by atoms with E-state index in [4.69, 9.17) is 4.78 Å². The molecule has 0 aliphatic heterocycles. The number of rotatable bonds is 4. The van der Waals surface area contributed by atoms with Crippen LogP contribution in [0.15, 0.2) is 0 Å². The number of halogens is 1. The van der Waals surface area contributed by atoms with E-state index >= 15 is 0 Å². The molecule has 70 valence electrons. The largest absolute Gasteiger partial charge is 0.227 e. The first-order chi connectivity index (χ1) is 4.50. The van der Waals surface area contributed by atoms with Gasteiger partial charge < -0.3 is 0 Å². The van der Waals surface area contributed by atoms with Crippen molar-refractivity contribution >= 4 is 22.5 Å². The second-order valence-corrected chi connectivity index (χ2v) is 4.30. The minimum Gasteiger partial charge on any atom is -0.227 e. The van der Waals surface area contributed by atoms with Crippen LogP contribution < -0.4 is 4.72 Å². The zero-order valence-electron chi connectivity index (χ0n) is 7.09. The summed E-state index contributed by atoms with van der Waals surface area (Å²) in [6, 6.07) is 0. The lowest BCUT2D eigenvalue weighted by molar-refractivity contribution is 0.573. The summed E-state index contributed by atoms with van der Waals surface area (Å²) in [4.78, 5) is 0. The Morgan fingerprint density at radius 1 is 1.55 bits per heavy atom. The molecule has 0 rings (SSSR count). The molecular formula is C5H16ClN3OS. The molecule has 0 aliphatic carbocycles. The van der Waals surface area contributed by atoms with E-state index in [0.717, 1.165) is 6.42 Å². The Kier molecular flexibility index (Phi) is 7.20. The lowest BCUT2D eigenvalue weighted by atomic mass is 10.5. The summed E-state index contributed by atoms with van der Waals surface area (Å²) in [5, 5.41) is 0. The smallest absolute Gasteiger partial charge is 0.172 e. The molecule has 0 fully saturated rings. The Morgan fingerprint density at radius 2 is 2.00 bits per heavy atom. The van der Waals surface area contributed by atoms with Gasteiger partial charge >= 0.3 is 0 Å². The summed E-state index contributed by atoms with van der Waals surface area (Å²) in [6.45, 7) is 2.60. The lowest BCUT2D eigenvalue weighted by Gasteiger charge is -2.14. The molecule has 0 aromatic rings. The average molecular weight is 202 g/mol. The van der Waals surface area contributed by atoms with E-state index in [1.807, 2.05) is 6.92 Å². The first-order valence-corrected chi connectivity index (χ1v) is 4.73. The summed E-state index contributed by atoms with van der Waals surface area (Å²) < 4.78 is 22.4. The van der Waals surface area contributed by atoms with Gasteiger partial charge in [-0.05, 0) is 6.42 Å². The van der Waals surface area contributed by atoms with Crippen LogP contribution in [0.5, 0.6) is 0 Å². The molecule has 1 unspecified atom stereocenters. The summed E-state index contributed by atoms with van der Waals surface area (Å²) in [6.07, 6.45) is 0.893. The zero-order valence-corrected chi connectivity index (χ0v) is 8.72. The highest BCUT2D eigenvalue weighted by Gasteiger charge is 2.05. The molecule has 6 heteroatoms. The van der Waals surface area contributed by atoms with Crippen LogP contribution >= 0.6 is 12.4 Å². The van der Waals surface area contributed by atoms with Crippen LogP contribution in [0, 0.1) is 4.78 Å². The molecule has 0 aliphatic rings. The van der Waals surface area contributed by atoms with Crippen molar-refractivity contribution in [1.82, 2.24) is 9.03 Å². The summed E-state index contributed by atoms with van der Waals surface area (Å²) >= 11 is 0. The van der Waals surface area contributed by atoms with Crippen LogP contribution in [0.3, 0.4) is 0 Å². The molecule has 0 spiro atoms. The summed E-state index contributed by atoms with van der Waals surface area (Å²) in [5.74, 6) is 0. The third-order valence-corrected chi connectivity index (χ3v) is 2.69. The van der Waals surface area contributed by atoms with Crippen molar-refractivity contribution in [2.45, 2.75) is 13.3 Å². The van der Waals surface area contributed by atoms with E-state index < -0.39 is 10.1 Å². The van der Waals surface area contributed by atoms with Crippen LogP contribution in [0.4, 0.5) is 0 Å². The SMILES string of the molecule is CCCNS(=N)(=O)N(C)C.Cl. The van der Waals surface area contributed by atoms with Gasteiger partial charge in [0, 0.05) is 20.6 Å². The molecule has 0 amide bonds. The van der Waals surface area contributed by atoms with Gasteiger partial charge in [-0.15, -0.1) is 12.4 Å². The fourth-order valence-electron chi connectivity index (χ4n) is 0.370. The minimum atomic E-state index is -2.68. The van der Waals surface area contributed by atoms with E-state index in [1.54, 1.807) is 14.1 Å². The maximum atomic E-state index is 11.1. The van der Waals surface area contributed by atoms with Crippen LogP contribution in [0.2, 0.25) is 0 Å². The first-order valence-electron chi connectivity index (χ1n) is 3.21. The van der Waals surface area contributed by atoms with Crippen molar-refractivity contribution in [2.24, 2.45) is 0 Å². The van der Waals surface area contributed by atoms with Crippen LogP contribution in [-0.4, -0.2) is 29.2 Å². The number of nitrogens with zero attached hydrogens (tertiary/aromatic N) is 1. The van der Waals surface area contributed by atoms with Gasteiger partial charge in [-0.1, -0.05) is 6.92 Å². The third-order valence-electron chi connectivity index (χ3n) is 1.06. The van der Waals surface area contributed by atoms with Gasteiger partial charge in [0.15, 0.2) is 10.1 Å². The van der Waals surface area contributed by atoms with E-state index in [2.05, 4.69) is 4.72 Å². The van der Waals surface area contributed by atoms with Crippen molar-refractivity contribution in [2.75, 3.05) is 20.6 Å². The van der Waals surface area contributed by atoms with Gasteiger partial charge in [0.25, 0.3) is 0 Å². The van der Waals surface area contributed by atoms with Gasteiger partial charge in [0.05, 0.1) is 0 Å².